The van der Waals surface area contributed by atoms with Crippen LogP contribution in [-0.2, 0) is 16.6 Å². The van der Waals surface area contributed by atoms with Crippen LogP contribution in [0.15, 0.2) is 34.2 Å². The maximum atomic E-state index is 13.2. The number of piperazine rings is 1. The third-order valence-corrected chi connectivity index (χ3v) is 8.28. The molecular weight excluding hydrogens is 398 g/mol. The van der Waals surface area contributed by atoms with Crippen LogP contribution in [0.1, 0.15) is 44.1 Å². The number of nitrogens with zero attached hydrogens (tertiary/aromatic N) is 3. The molecule has 0 radical (unpaired) electrons. The molecule has 1 aliphatic carbocycles. The quantitative estimate of drug-likeness (QED) is 0.372. The van der Waals surface area contributed by atoms with Crippen molar-refractivity contribution in [1.82, 2.24) is 19.8 Å². The Morgan fingerprint density at radius 2 is 1.80 bits per heavy atom. The van der Waals surface area contributed by atoms with Gasteiger partial charge in [0, 0.05) is 46.3 Å². The summed E-state index contributed by atoms with van der Waals surface area (Å²) < 4.78 is 28.0. The molecule has 1 aromatic rings. The highest BCUT2D eigenvalue weighted by molar-refractivity contribution is 7.89. The summed E-state index contributed by atoms with van der Waals surface area (Å²) >= 11 is 0. The third kappa shape index (κ3) is 6.18. The van der Waals surface area contributed by atoms with Crippen LogP contribution in [0.25, 0.3) is 0 Å². The fraction of sp³-hybridized carbons (Fsp3) is 0.682. The van der Waals surface area contributed by atoms with Crippen molar-refractivity contribution in [2.24, 2.45) is 10.9 Å². The molecule has 1 aliphatic heterocycles. The Morgan fingerprint density at radius 3 is 2.50 bits per heavy atom. The fourth-order valence-corrected chi connectivity index (χ4v) is 6.01. The number of rotatable bonds is 8. The van der Waals surface area contributed by atoms with Crippen LogP contribution in [-0.4, -0.2) is 70.4 Å². The predicted octanol–water partition coefficient (Wildman–Crippen LogP) is 2.26. The van der Waals surface area contributed by atoms with Crippen LogP contribution in [0.4, 0.5) is 0 Å². The summed E-state index contributed by atoms with van der Waals surface area (Å²) in [5.41, 5.74) is 0.769. The van der Waals surface area contributed by atoms with Crippen molar-refractivity contribution in [3.05, 3.63) is 29.8 Å². The Morgan fingerprint density at radius 1 is 1.10 bits per heavy atom. The summed E-state index contributed by atoms with van der Waals surface area (Å²) in [6.45, 7) is 3.90. The van der Waals surface area contributed by atoms with Gasteiger partial charge in [0.2, 0.25) is 10.0 Å². The highest BCUT2D eigenvalue weighted by Gasteiger charge is 2.29. The van der Waals surface area contributed by atoms with Crippen LogP contribution in [0, 0.1) is 5.92 Å². The molecule has 1 saturated carbocycles. The minimum Gasteiger partial charge on any atom is -0.356 e. The van der Waals surface area contributed by atoms with E-state index in [1.807, 2.05) is 19.2 Å². The molecule has 168 valence electrons. The van der Waals surface area contributed by atoms with Crippen LogP contribution in [0.3, 0.4) is 0 Å². The zero-order valence-corrected chi connectivity index (χ0v) is 19.3. The van der Waals surface area contributed by atoms with E-state index in [9.17, 15) is 8.42 Å². The molecule has 0 bridgehead atoms. The Bertz CT molecular complexity index is 798. The summed E-state index contributed by atoms with van der Waals surface area (Å²) in [6, 6.07) is 7.27. The predicted molar refractivity (Wildman–Crippen MR) is 122 cm³/mol. The molecule has 3 rings (SSSR count). The molecule has 2 aliphatic rings. The molecule has 30 heavy (non-hydrogen) atoms. The van der Waals surface area contributed by atoms with Gasteiger partial charge in [-0.1, -0.05) is 43.9 Å². The number of likely N-dealkylation sites (N-methyl/N-ethyl adjacent to an activating group) is 1. The van der Waals surface area contributed by atoms with Crippen LogP contribution in [0.5, 0.6) is 0 Å². The molecule has 0 spiro atoms. The smallest absolute Gasteiger partial charge is 0.243 e. The first kappa shape index (κ1) is 23.0. The second-order valence-electron chi connectivity index (χ2n) is 8.46. The molecule has 2 fully saturated rings. The number of aliphatic imine (C=N–C) groups is 1. The van der Waals surface area contributed by atoms with E-state index in [0.717, 1.165) is 37.5 Å². The van der Waals surface area contributed by atoms with Crippen LogP contribution < -0.4 is 10.6 Å². The van der Waals surface area contributed by atoms with Gasteiger partial charge in [-0.3, -0.25) is 4.99 Å². The maximum absolute atomic E-state index is 13.2. The lowest BCUT2D eigenvalue weighted by atomic mass is 10.0. The normalized spacial score (nSPS) is 19.9. The van der Waals surface area contributed by atoms with Gasteiger partial charge in [0.1, 0.15) is 0 Å². The summed E-state index contributed by atoms with van der Waals surface area (Å²) in [5, 5.41) is 6.65. The van der Waals surface area contributed by atoms with E-state index in [0.29, 0.717) is 30.5 Å². The Kier molecular flexibility index (Phi) is 8.53. The van der Waals surface area contributed by atoms with Crippen molar-refractivity contribution < 1.29 is 8.42 Å². The van der Waals surface area contributed by atoms with E-state index in [2.05, 4.69) is 20.5 Å². The number of hydrogen-bond acceptors (Lipinski definition) is 4. The Balaban J connectivity index is 1.54. The van der Waals surface area contributed by atoms with Gasteiger partial charge in [0.05, 0.1) is 4.90 Å². The lowest BCUT2D eigenvalue weighted by Gasteiger charge is -2.32. The van der Waals surface area contributed by atoms with Gasteiger partial charge < -0.3 is 15.5 Å². The largest absolute Gasteiger partial charge is 0.356 e. The summed E-state index contributed by atoms with van der Waals surface area (Å²) in [7, 11) is 0.276. The number of guanidine groups is 1. The van der Waals surface area contributed by atoms with Crippen molar-refractivity contribution in [1.29, 1.82) is 0 Å². The molecule has 1 saturated heterocycles. The topological polar surface area (TPSA) is 77.0 Å². The zero-order valence-electron chi connectivity index (χ0n) is 18.4. The monoisotopic (exact) mass is 435 g/mol. The number of benzene rings is 1. The molecule has 0 amide bonds. The lowest BCUT2D eigenvalue weighted by molar-refractivity contribution is 0.222. The van der Waals surface area contributed by atoms with Crippen molar-refractivity contribution >= 4 is 16.0 Å². The molecule has 1 aromatic carbocycles. The Hall–Kier alpha value is -1.64. The van der Waals surface area contributed by atoms with Crippen molar-refractivity contribution in [3.63, 3.8) is 0 Å². The van der Waals surface area contributed by atoms with Gasteiger partial charge in [-0.15, -0.1) is 0 Å². The van der Waals surface area contributed by atoms with Gasteiger partial charge in [-0.05, 0) is 37.4 Å². The summed E-state index contributed by atoms with van der Waals surface area (Å²) in [5.74, 6) is 1.61. The molecule has 0 unspecified atom stereocenters. The van der Waals surface area contributed by atoms with Gasteiger partial charge in [0.15, 0.2) is 5.96 Å². The second-order valence-corrected chi connectivity index (χ2v) is 10.4. The SMILES string of the molecule is CN=C(NCCCC1CCCC1)NCc1ccccc1S(=O)(=O)N1CCN(C)CC1. The molecule has 0 atom stereocenters. The highest BCUT2D eigenvalue weighted by Crippen LogP contribution is 2.28. The Labute approximate surface area is 182 Å². The molecule has 0 aromatic heterocycles. The fourth-order valence-electron chi connectivity index (χ4n) is 4.37. The van der Waals surface area contributed by atoms with E-state index in [1.165, 1.54) is 32.1 Å². The average Bonchev–Trinajstić information content (AvgIpc) is 3.27. The number of sulfonamides is 1. The molecule has 1 heterocycles. The zero-order chi connectivity index (χ0) is 21.4. The minimum atomic E-state index is -3.49. The first-order valence-electron chi connectivity index (χ1n) is 11.2. The van der Waals surface area contributed by atoms with Gasteiger partial charge in [-0.25, -0.2) is 8.42 Å². The van der Waals surface area contributed by atoms with Gasteiger partial charge >= 0.3 is 0 Å². The van der Waals surface area contributed by atoms with Gasteiger partial charge in [-0.2, -0.15) is 4.31 Å². The lowest BCUT2D eigenvalue weighted by Crippen LogP contribution is -2.47. The standard InChI is InChI=1S/C22H37N5O2S/c1-23-22(24-13-7-10-19-8-3-4-9-19)25-18-20-11-5-6-12-21(20)30(28,29)27-16-14-26(2)15-17-27/h5-6,11-12,19H,3-4,7-10,13-18H2,1-2H3,(H2,23,24,25). The molecular formula is C22H37N5O2S. The number of nitrogens with one attached hydrogen (secondary N) is 2. The van der Waals surface area contributed by atoms with E-state index in [4.69, 9.17) is 0 Å². The van der Waals surface area contributed by atoms with Crippen LogP contribution in [0.2, 0.25) is 0 Å². The first-order chi connectivity index (χ1) is 14.5. The van der Waals surface area contributed by atoms with Crippen molar-refractivity contribution in [3.8, 4) is 0 Å². The summed E-state index contributed by atoms with van der Waals surface area (Å²) in [4.78, 5) is 6.83. The molecule has 8 heteroatoms. The minimum absolute atomic E-state index is 0.388. The van der Waals surface area contributed by atoms with E-state index < -0.39 is 10.0 Å². The van der Waals surface area contributed by atoms with Crippen molar-refractivity contribution in [2.45, 2.75) is 50.0 Å². The van der Waals surface area contributed by atoms with Crippen molar-refractivity contribution in [2.75, 3.05) is 46.8 Å². The van der Waals surface area contributed by atoms with Gasteiger partial charge in [0.25, 0.3) is 0 Å². The maximum Gasteiger partial charge on any atom is 0.243 e. The second kappa shape index (κ2) is 11.1. The van der Waals surface area contributed by atoms with E-state index >= 15 is 0 Å². The van der Waals surface area contributed by atoms with Crippen LogP contribution >= 0.6 is 0 Å². The third-order valence-electron chi connectivity index (χ3n) is 6.28. The average molecular weight is 436 g/mol. The number of hydrogen-bond donors (Lipinski definition) is 2. The van der Waals surface area contributed by atoms with E-state index in [-0.39, 0.29) is 0 Å². The highest BCUT2D eigenvalue weighted by atomic mass is 32.2. The molecule has 7 nitrogen and oxygen atoms in total. The summed E-state index contributed by atoms with van der Waals surface area (Å²) in [6.07, 6.45) is 7.95. The molecule has 2 N–H and O–H groups in total. The first-order valence-corrected chi connectivity index (χ1v) is 12.7. The van der Waals surface area contributed by atoms with E-state index in [1.54, 1.807) is 23.5 Å².